The van der Waals surface area contributed by atoms with Crippen LogP contribution in [-0.4, -0.2) is 11.1 Å². The minimum absolute atomic E-state index is 0.296. The Morgan fingerprint density at radius 1 is 1.64 bits per heavy atom. The molecule has 74 valence electrons. The largest absolute Gasteiger partial charge is 0.477 e. The van der Waals surface area contributed by atoms with E-state index in [2.05, 4.69) is 27.8 Å². The third-order valence-electron chi connectivity index (χ3n) is 1.37. The smallest absolute Gasteiger partial charge is 0.347 e. The fourth-order valence-electron chi connectivity index (χ4n) is 0.792. The van der Waals surface area contributed by atoms with Crippen molar-refractivity contribution in [2.45, 2.75) is 13.8 Å². The van der Waals surface area contributed by atoms with Crippen LogP contribution in [0.15, 0.2) is 10.5 Å². The molecule has 0 radical (unpaired) electrons. The van der Waals surface area contributed by atoms with Crippen molar-refractivity contribution in [1.82, 2.24) is 0 Å². The summed E-state index contributed by atoms with van der Waals surface area (Å²) in [7, 11) is 0. The van der Waals surface area contributed by atoms with Crippen molar-refractivity contribution in [2.75, 3.05) is 0 Å². The van der Waals surface area contributed by atoms with Gasteiger partial charge in [0.15, 0.2) is 0 Å². The predicted octanol–water partition coefficient (Wildman–Crippen LogP) is 3.22. The first-order valence-corrected chi connectivity index (χ1v) is 5.66. The van der Waals surface area contributed by atoms with Gasteiger partial charge in [0, 0.05) is 10.4 Å². The van der Waals surface area contributed by atoms with E-state index in [1.165, 1.54) is 11.3 Å². The number of carbonyl (C=O) groups is 1. The van der Waals surface area contributed by atoms with E-state index in [0.717, 1.165) is 4.88 Å². The Balaban J connectivity index is 2.99. The van der Waals surface area contributed by atoms with E-state index in [1.54, 1.807) is 6.07 Å². The van der Waals surface area contributed by atoms with Gasteiger partial charge in [-0.05, 0) is 22.0 Å². The quantitative estimate of drug-likeness (QED) is 0.798. The summed E-state index contributed by atoms with van der Waals surface area (Å²) in [5.74, 6) is 5.30. The lowest BCUT2D eigenvalue weighted by Gasteiger charge is -1.85. The van der Waals surface area contributed by atoms with Crippen molar-refractivity contribution in [3.8, 4) is 11.8 Å². The van der Waals surface area contributed by atoms with E-state index >= 15 is 0 Å². The van der Waals surface area contributed by atoms with Gasteiger partial charge in [0.2, 0.25) is 0 Å². The van der Waals surface area contributed by atoms with Crippen LogP contribution in [0.3, 0.4) is 0 Å². The number of carboxylic acid groups (broad SMARTS) is 1. The average Bonchev–Trinajstić information content (AvgIpc) is 2.43. The zero-order chi connectivity index (χ0) is 10.7. The van der Waals surface area contributed by atoms with E-state index in [0.29, 0.717) is 15.3 Å². The Bertz CT molecular complexity index is 409. The molecule has 14 heavy (non-hydrogen) atoms. The second-order valence-electron chi connectivity index (χ2n) is 3.02. The van der Waals surface area contributed by atoms with Crippen LogP contribution in [0.4, 0.5) is 0 Å². The molecule has 0 bridgehead atoms. The summed E-state index contributed by atoms with van der Waals surface area (Å²) in [6.45, 7) is 3.99. The van der Waals surface area contributed by atoms with Crippen molar-refractivity contribution in [3.63, 3.8) is 0 Å². The highest BCUT2D eigenvalue weighted by molar-refractivity contribution is 9.10. The van der Waals surface area contributed by atoms with Gasteiger partial charge in [-0.2, -0.15) is 0 Å². The predicted molar refractivity (Wildman–Crippen MR) is 60.7 cm³/mol. The number of thiophene rings is 1. The molecule has 1 heterocycles. The number of carboxylic acids is 1. The maximum atomic E-state index is 10.7. The average molecular weight is 273 g/mol. The van der Waals surface area contributed by atoms with Gasteiger partial charge in [0.05, 0.1) is 4.88 Å². The molecular weight excluding hydrogens is 264 g/mol. The summed E-state index contributed by atoms with van der Waals surface area (Å²) < 4.78 is 0.600. The van der Waals surface area contributed by atoms with Crippen molar-refractivity contribution in [3.05, 3.63) is 20.3 Å². The monoisotopic (exact) mass is 272 g/mol. The molecule has 0 aliphatic heterocycles. The molecule has 1 aromatic rings. The second-order valence-corrected chi connectivity index (χ2v) is 4.92. The van der Waals surface area contributed by atoms with Gasteiger partial charge in [0.25, 0.3) is 0 Å². The molecule has 0 aromatic carbocycles. The summed E-state index contributed by atoms with van der Waals surface area (Å²) in [6, 6.07) is 1.74. The first-order chi connectivity index (χ1) is 6.50. The molecule has 0 amide bonds. The molecule has 1 aromatic heterocycles. The van der Waals surface area contributed by atoms with E-state index < -0.39 is 5.97 Å². The zero-order valence-electron chi connectivity index (χ0n) is 7.80. The first-order valence-electron chi connectivity index (χ1n) is 4.05. The van der Waals surface area contributed by atoms with Gasteiger partial charge in [-0.25, -0.2) is 4.79 Å². The molecule has 0 saturated carbocycles. The molecule has 0 spiro atoms. The standard InChI is InChI=1S/C10H9BrO2S/c1-6(2)3-4-7-5-8(11)9(14-7)10(12)13/h5-6H,1-2H3,(H,12,13). The Hall–Kier alpha value is -0.790. The Labute approximate surface area is 95.1 Å². The van der Waals surface area contributed by atoms with Crippen LogP contribution in [0, 0.1) is 17.8 Å². The third-order valence-corrected chi connectivity index (χ3v) is 3.29. The third kappa shape index (κ3) is 2.86. The van der Waals surface area contributed by atoms with Crippen LogP contribution in [0.1, 0.15) is 28.4 Å². The topological polar surface area (TPSA) is 37.3 Å². The molecule has 0 aliphatic carbocycles. The molecule has 2 nitrogen and oxygen atoms in total. The van der Waals surface area contributed by atoms with Gasteiger partial charge >= 0.3 is 5.97 Å². The van der Waals surface area contributed by atoms with Crippen LogP contribution in [0.2, 0.25) is 0 Å². The van der Waals surface area contributed by atoms with E-state index in [9.17, 15) is 4.79 Å². The molecular formula is C10H9BrO2S. The number of halogens is 1. The van der Waals surface area contributed by atoms with Crippen LogP contribution < -0.4 is 0 Å². The second kappa shape index (κ2) is 4.63. The van der Waals surface area contributed by atoms with E-state index in [4.69, 9.17) is 5.11 Å². The van der Waals surface area contributed by atoms with Gasteiger partial charge in [-0.3, -0.25) is 0 Å². The van der Waals surface area contributed by atoms with Gasteiger partial charge in [0.1, 0.15) is 4.88 Å². The van der Waals surface area contributed by atoms with Gasteiger partial charge < -0.3 is 5.11 Å². The Morgan fingerprint density at radius 2 is 2.29 bits per heavy atom. The molecule has 0 unspecified atom stereocenters. The highest BCUT2D eigenvalue weighted by Crippen LogP contribution is 2.26. The van der Waals surface area contributed by atoms with Crippen molar-refractivity contribution in [1.29, 1.82) is 0 Å². The summed E-state index contributed by atoms with van der Waals surface area (Å²) in [5, 5.41) is 8.79. The normalized spacial score (nSPS) is 9.71. The van der Waals surface area contributed by atoms with Crippen molar-refractivity contribution >= 4 is 33.2 Å². The Morgan fingerprint density at radius 3 is 2.71 bits per heavy atom. The minimum Gasteiger partial charge on any atom is -0.477 e. The summed E-state index contributed by atoms with van der Waals surface area (Å²) in [5.41, 5.74) is 0. The lowest BCUT2D eigenvalue weighted by atomic mass is 10.2. The van der Waals surface area contributed by atoms with Crippen LogP contribution in [0.5, 0.6) is 0 Å². The van der Waals surface area contributed by atoms with Crippen LogP contribution in [-0.2, 0) is 0 Å². The van der Waals surface area contributed by atoms with Crippen LogP contribution >= 0.6 is 27.3 Å². The zero-order valence-corrected chi connectivity index (χ0v) is 10.2. The molecule has 0 atom stereocenters. The minimum atomic E-state index is -0.917. The molecule has 0 aliphatic rings. The molecule has 0 fully saturated rings. The highest BCUT2D eigenvalue weighted by Gasteiger charge is 2.11. The number of rotatable bonds is 1. The van der Waals surface area contributed by atoms with Crippen molar-refractivity contribution < 1.29 is 9.90 Å². The lowest BCUT2D eigenvalue weighted by Crippen LogP contribution is -1.91. The Kier molecular flexibility index (Phi) is 3.73. The molecule has 4 heteroatoms. The summed E-state index contributed by atoms with van der Waals surface area (Å²) >= 11 is 4.38. The SMILES string of the molecule is CC(C)C#Cc1cc(Br)c(C(=O)O)s1. The fourth-order valence-corrected chi connectivity index (χ4v) is 2.33. The van der Waals surface area contributed by atoms with Crippen molar-refractivity contribution in [2.24, 2.45) is 5.92 Å². The number of hydrogen-bond donors (Lipinski definition) is 1. The summed E-state index contributed by atoms with van der Waals surface area (Å²) in [4.78, 5) is 11.8. The van der Waals surface area contributed by atoms with E-state index in [-0.39, 0.29) is 0 Å². The summed E-state index contributed by atoms with van der Waals surface area (Å²) in [6.07, 6.45) is 0. The number of hydrogen-bond acceptors (Lipinski definition) is 2. The maximum Gasteiger partial charge on any atom is 0.347 e. The fraction of sp³-hybridized carbons (Fsp3) is 0.300. The lowest BCUT2D eigenvalue weighted by molar-refractivity contribution is 0.0701. The van der Waals surface area contributed by atoms with Crippen LogP contribution in [0.25, 0.3) is 0 Å². The highest BCUT2D eigenvalue weighted by atomic mass is 79.9. The number of aromatic carboxylic acids is 1. The van der Waals surface area contributed by atoms with E-state index in [1.807, 2.05) is 13.8 Å². The van der Waals surface area contributed by atoms with Gasteiger partial charge in [-0.15, -0.1) is 11.3 Å². The maximum absolute atomic E-state index is 10.7. The van der Waals surface area contributed by atoms with Gasteiger partial charge in [-0.1, -0.05) is 25.7 Å². The first kappa shape index (κ1) is 11.3. The molecule has 0 saturated heterocycles. The molecule has 1 N–H and O–H groups in total. The molecule has 1 rings (SSSR count).